The average Bonchev–Trinajstić information content (AvgIpc) is 3.59. The maximum absolute atomic E-state index is 12.8. The number of rotatable bonds is 11. The number of hydrogen-bond acceptors (Lipinski definition) is 5. The van der Waals surface area contributed by atoms with Crippen molar-refractivity contribution in [3.8, 4) is 0 Å². The monoisotopic (exact) mass is 608 g/mol. The molecular weight excluding hydrogens is 571 g/mol. The number of ether oxygens (including phenoxy) is 2. The molecule has 1 heterocycles. The molecule has 0 N–H and O–H groups in total. The Hall–Kier alpha value is -4.75. The van der Waals surface area contributed by atoms with Gasteiger partial charge in [-0.05, 0) is 46.8 Å². The van der Waals surface area contributed by atoms with E-state index >= 15 is 0 Å². The molecule has 0 radical (unpaired) electrons. The standard InChI is InChI=1S/C40H37BO5/c1-30(29-44-38(42)31-19-9-4-10-20-31)41-45-36(39(2,32-21-11-5-12-22-32)33-23-13-6-14-24-33)37(46-41)40(43-3,34-25-15-7-16-26-34)35-27-17-8-18-28-35/h4-28,36-37H,1,29H2,2-3H3. The Morgan fingerprint density at radius 1 is 0.652 bits per heavy atom. The van der Waals surface area contributed by atoms with Crippen LogP contribution in [0, 0.1) is 0 Å². The minimum absolute atomic E-state index is 0.0676. The summed E-state index contributed by atoms with van der Waals surface area (Å²) >= 11 is 0. The van der Waals surface area contributed by atoms with E-state index in [9.17, 15) is 4.79 Å². The molecular formula is C40H37BO5. The van der Waals surface area contributed by atoms with Gasteiger partial charge in [0, 0.05) is 12.5 Å². The highest BCUT2D eigenvalue weighted by molar-refractivity contribution is 6.54. The number of benzene rings is 5. The first-order valence-corrected chi connectivity index (χ1v) is 15.5. The summed E-state index contributed by atoms with van der Waals surface area (Å²) in [6.45, 7) is 6.41. The molecule has 1 fully saturated rings. The average molecular weight is 609 g/mol. The van der Waals surface area contributed by atoms with Gasteiger partial charge in [0.1, 0.15) is 18.3 Å². The molecule has 230 valence electrons. The van der Waals surface area contributed by atoms with Crippen LogP contribution >= 0.6 is 0 Å². The first kappa shape index (κ1) is 31.2. The van der Waals surface area contributed by atoms with E-state index in [0.717, 1.165) is 22.3 Å². The Balaban J connectivity index is 1.48. The second-order valence-electron chi connectivity index (χ2n) is 11.7. The van der Waals surface area contributed by atoms with Crippen LogP contribution in [-0.2, 0) is 29.8 Å². The van der Waals surface area contributed by atoms with E-state index in [2.05, 4.69) is 62.0 Å². The molecule has 2 atom stereocenters. The van der Waals surface area contributed by atoms with Crippen LogP contribution in [-0.4, -0.2) is 39.0 Å². The smallest absolute Gasteiger partial charge is 0.458 e. The van der Waals surface area contributed by atoms with Gasteiger partial charge in [-0.3, -0.25) is 0 Å². The van der Waals surface area contributed by atoms with Crippen molar-refractivity contribution in [2.45, 2.75) is 30.1 Å². The molecule has 0 spiro atoms. The van der Waals surface area contributed by atoms with E-state index in [-0.39, 0.29) is 6.61 Å². The fourth-order valence-corrected chi connectivity index (χ4v) is 6.55. The van der Waals surface area contributed by atoms with E-state index in [4.69, 9.17) is 18.8 Å². The zero-order valence-corrected chi connectivity index (χ0v) is 26.1. The van der Waals surface area contributed by atoms with Gasteiger partial charge >= 0.3 is 13.1 Å². The lowest BCUT2D eigenvalue weighted by atomic mass is 9.66. The van der Waals surface area contributed by atoms with E-state index in [0.29, 0.717) is 11.0 Å². The molecule has 5 aromatic rings. The molecule has 0 aliphatic carbocycles. The molecule has 0 amide bonds. The lowest BCUT2D eigenvalue weighted by Gasteiger charge is -2.46. The molecule has 46 heavy (non-hydrogen) atoms. The largest absolute Gasteiger partial charge is 0.493 e. The molecule has 5 nitrogen and oxygen atoms in total. The van der Waals surface area contributed by atoms with Gasteiger partial charge < -0.3 is 18.8 Å². The molecule has 0 aromatic heterocycles. The Kier molecular flexibility index (Phi) is 9.32. The lowest BCUT2D eigenvalue weighted by Crippen LogP contribution is -2.54. The third-order valence-corrected chi connectivity index (χ3v) is 8.99. The summed E-state index contributed by atoms with van der Waals surface area (Å²) in [6.07, 6.45) is -1.25. The Morgan fingerprint density at radius 2 is 1.04 bits per heavy atom. The van der Waals surface area contributed by atoms with Crippen molar-refractivity contribution in [3.05, 3.63) is 192 Å². The lowest BCUT2D eigenvalue weighted by molar-refractivity contribution is -0.0880. The zero-order valence-electron chi connectivity index (χ0n) is 26.1. The topological polar surface area (TPSA) is 54.0 Å². The van der Waals surface area contributed by atoms with Crippen molar-refractivity contribution < 1.29 is 23.6 Å². The molecule has 1 saturated heterocycles. The molecule has 1 aliphatic rings. The first-order chi connectivity index (χ1) is 22.5. The highest BCUT2D eigenvalue weighted by Gasteiger charge is 2.60. The highest BCUT2D eigenvalue weighted by Crippen LogP contribution is 2.50. The number of esters is 1. The van der Waals surface area contributed by atoms with E-state index < -0.39 is 36.3 Å². The van der Waals surface area contributed by atoms with Crippen LogP contribution in [0.3, 0.4) is 0 Å². The minimum Gasteiger partial charge on any atom is -0.458 e. The number of hydrogen-bond donors (Lipinski definition) is 0. The normalized spacial score (nSPS) is 16.6. The molecule has 2 unspecified atom stereocenters. The van der Waals surface area contributed by atoms with E-state index in [1.54, 1.807) is 31.4 Å². The van der Waals surface area contributed by atoms with Crippen molar-refractivity contribution in [1.29, 1.82) is 0 Å². The van der Waals surface area contributed by atoms with Crippen LogP contribution in [0.1, 0.15) is 39.5 Å². The SMILES string of the molecule is C=C(COC(=O)c1ccccc1)B1OC(C(C)(c2ccccc2)c2ccccc2)C(C(OC)(c2ccccc2)c2ccccc2)O1. The van der Waals surface area contributed by atoms with Crippen LogP contribution in [0.15, 0.2) is 164 Å². The zero-order chi connectivity index (χ0) is 32.0. The predicted molar refractivity (Wildman–Crippen MR) is 181 cm³/mol. The van der Waals surface area contributed by atoms with Crippen molar-refractivity contribution in [2.75, 3.05) is 13.7 Å². The van der Waals surface area contributed by atoms with E-state index in [1.807, 2.05) is 78.9 Å². The van der Waals surface area contributed by atoms with E-state index in [1.165, 1.54) is 0 Å². The van der Waals surface area contributed by atoms with Crippen LogP contribution in [0.25, 0.3) is 0 Å². The summed E-state index contributed by atoms with van der Waals surface area (Å²) in [5.41, 5.74) is 3.16. The Morgan fingerprint density at radius 3 is 1.48 bits per heavy atom. The molecule has 6 heteroatoms. The van der Waals surface area contributed by atoms with Gasteiger partial charge in [-0.15, -0.1) is 0 Å². The van der Waals surface area contributed by atoms with Gasteiger partial charge in [-0.1, -0.05) is 146 Å². The second-order valence-corrected chi connectivity index (χ2v) is 11.7. The van der Waals surface area contributed by atoms with Gasteiger partial charge in [-0.2, -0.15) is 0 Å². The quantitative estimate of drug-likeness (QED) is 0.113. The molecule has 1 aliphatic heterocycles. The van der Waals surface area contributed by atoms with Gasteiger partial charge in [0.25, 0.3) is 0 Å². The number of methoxy groups -OCH3 is 1. The van der Waals surface area contributed by atoms with Gasteiger partial charge in [0.05, 0.1) is 11.7 Å². The fourth-order valence-electron chi connectivity index (χ4n) is 6.55. The van der Waals surface area contributed by atoms with Crippen molar-refractivity contribution >= 4 is 13.1 Å². The van der Waals surface area contributed by atoms with Crippen LogP contribution in [0.2, 0.25) is 0 Å². The number of carbonyl (C=O) groups excluding carboxylic acids is 1. The summed E-state index contributed by atoms with van der Waals surface area (Å²) in [6, 6.07) is 49.8. The summed E-state index contributed by atoms with van der Waals surface area (Å²) in [7, 11) is 0.833. The second kappa shape index (κ2) is 13.7. The summed E-state index contributed by atoms with van der Waals surface area (Å²) in [4.78, 5) is 12.8. The van der Waals surface area contributed by atoms with Crippen LogP contribution < -0.4 is 0 Å². The first-order valence-electron chi connectivity index (χ1n) is 15.5. The third-order valence-electron chi connectivity index (χ3n) is 8.99. The maximum Gasteiger partial charge on any atom is 0.493 e. The predicted octanol–water partition coefficient (Wildman–Crippen LogP) is 7.81. The minimum atomic E-state index is -1.08. The van der Waals surface area contributed by atoms with Gasteiger partial charge in [0.2, 0.25) is 0 Å². The fraction of sp³-hybridized carbons (Fsp3) is 0.175. The summed E-state index contributed by atoms with van der Waals surface area (Å²) < 4.78 is 26.3. The van der Waals surface area contributed by atoms with Crippen molar-refractivity contribution in [1.82, 2.24) is 0 Å². The van der Waals surface area contributed by atoms with Gasteiger partial charge in [-0.25, -0.2) is 4.79 Å². The van der Waals surface area contributed by atoms with Crippen molar-refractivity contribution in [3.63, 3.8) is 0 Å². The molecule has 0 saturated carbocycles. The Bertz CT molecular complexity index is 1650. The van der Waals surface area contributed by atoms with Gasteiger partial charge in [0.15, 0.2) is 0 Å². The van der Waals surface area contributed by atoms with Crippen LogP contribution in [0.4, 0.5) is 0 Å². The summed E-state index contributed by atoms with van der Waals surface area (Å²) in [5.74, 6) is -0.439. The van der Waals surface area contributed by atoms with Crippen molar-refractivity contribution in [2.24, 2.45) is 0 Å². The third kappa shape index (κ3) is 5.83. The highest BCUT2D eigenvalue weighted by atomic mass is 16.7. The Labute approximate surface area is 271 Å². The molecule has 0 bridgehead atoms. The maximum atomic E-state index is 12.8. The number of carbonyl (C=O) groups is 1. The summed E-state index contributed by atoms with van der Waals surface area (Å²) in [5, 5.41) is 0. The molecule has 5 aromatic carbocycles. The molecule has 6 rings (SSSR count). The van der Waals surface area contributed by atoms with Crippen LogP contribution in [0.5, 0.6) is 0 Å².